The predicted molar refractivity (Wildman–Crippen MR) is 86.7 cm³/mol. The Bertz CT molecular complexity index is 804. The van der Waals surface area contributed by atoms with Gasteiger partial charge in [0.05, 0.1) is 11.1 Å². The van der Waals surface area contributed by atoms with Crippen LogP contribution in [0.2, 0.25) is 0 Å². The van der Waals surface area contributed by atoms with Crippen LogP contribution in [0.5, 0.6) is 5.75 Å². The molecule has 116 valence electrons. The summed E-state index contributed by atoms with van der Waals surface area (Å²) in [4.78, 5) is 2.41. The average molecular weight is 318 g/mol. The van der Waals surface area contributed by atoms with Gasteiger partial charge in [-0.15, -0.1) is 0 Å². The number of para-hydroxylation sites is 1. The quantitative estimate of drug-likeness (QED) is 0.672. The number of phenolic OH excluding ortho intramolecular Hbond substituents is 1. The minimum atomic E-state index is -3.75. The van der Waals surface area contributed by atoms with E-state index in [4.69, 9.17) is 0 Å². The van der Waals surface area contributed by atoms with E-state index in [2.05, 4.69) is 9.93 Å². The highest BCUT2D eigenvalue weighted by Crippen LogP contribution is 2.21. The second-order valence-electron chi connectivity index (χ2n) is 5.14. The van der Waals surface area contributed by atoms with Gasteiger partial charge in [-0.2, -0.15) is 13.5 Å². The SMILES string of the molecule is Cc1cc(C)c(S(=O)(=O)N/N=C\c2ccccc2O)c(C)c1. The van der Waals surface area contributed by atoms with Gasteiger partial charge in [-0.05, 0) is 44.0 Å². The molecule has 0 saturated carbocycles. The zero-order chi connectivity index (χ0) is 16.3. The van der Waals surface area contributed by atoms with Gasteiger partial charge < -0.3 is 5.11 Å². The van der Waals surface area contributed by atoms with E-state index in [1.54, 1.807) is 32.0 Å². The molecule has 2 rings (SSSR count). The number of hydrogen-bond acceptors (Lipinski definition) is 4. The zero-order valence-electron chi connectivity index (χ0n) is 12.7. The molecular formula is C16H18N2O3S. The number of rotatable bonds is 4. The van der Waals surface area contributed by atoms with Crippen LogP contribution < -0.4 is 4.83 Å². The van der Waals surface area contributed by atoms with Gasteiger partial charge in [0.1, 0.15) is 5.75 Å². The molecule has 22 heavy (non-hydrogen) atoms. The number of aromatic hydroxyl groups is 1. The van der Waals surface area contributed by atoms with Crippen LogP contribution in [-0.2, 0) is 10.0 Å². The highest BCUT2D eigenvalue weighted by molar-refractivity contribution is 7.89. The monoisotopic (exact) mass is 318 g/mol. The topological polar surface area (TPSA) is 78.8 Å². The number of phenols is 1. The van der Waals surface area contributed by atoms with Crippen LogP contribution in [0.4, 0.5) is 0 Å². The molecule has 0 atom stereocenters. The van der Waals surface area contributed by atoms with Gasteiger partial charge in [-0.1, -0.05) is 29.8 Å². The second-order valence-corrected chi connectivity index (χ2v) is 6.74. The number of aryl methyl sites for hydroxylation is 3. The van der Waals surface area contributed by atoms with E-state index in [0.29, 0.717) is 16.7 Å². The summed E-state index contributed by atoms with van der Waals surface area (Å²) in [6.45, 7) is 5.42. The Morgan fingerprint density at radius 3 is 2.27 bits per heavy atom. The average Bonchev–Trinajstić information content (AvgIpc) is 2.39. The molecule has 0 aromatic heterocycles. The Morgan fingerprint density at radius 2 is 1.68 bits per heavy atom. The summed E-state index contributed by atoms with van der Waals surface area (Å²) in [6, 6.07) is 10.2. The molecular weight excluding hydrogens is 300 g/mol. The summed E-state index contributed by atoms with van der Waals surface area (Å²) in [6.07, 6.45) is 1.27. The molecule has 2 N–H and O–H groups in total. The fourth-order valence-corrected chi connectivity index (χ4v) is 3.65. The van der Waals surface area contributed by atoms with Crippen molar-refractivity contribution >= 4 is 16.2 Å². The van der Waals surface area contributed by atoms with Crippen molar-refractivity contribution in [3.8, 4) is 5.75 Å². The molecule has 0 fully saturated rings. The summed E-state index contributed by atoms with van der Waals surface area (Å²) in [5.41, 5.74) is 2.78. The van der Waals surface area contributed by atoms with E-state index < -0.39 is 10.0 Å². The number of hydrogen-bond donors (Lipinski definition) is 2. The zero-order valence-corrected chi connectivity index (χ0v) is 13.5. The van der Waals surface area contributed by atoms with Crippen molar-refractivity contribution in [3.05, 3.63) is 58.7 Å². The third kappa shape index (κ3) is 3.46. The van der Waals surface area contributed by atoms with Crippen molar-refractivity contribution in [2.24, 2.45) is 5.10 Å². The maximum Gasteiger partial charge on any atom is 0.277 e. The van der Waals surface area contributed by atoms with Crippen LogP contribution >= 0.6 is 0 Å². The maximum absolute atomic E-state index is 12.4. The highest BCUT2D eigenvalue weighted by Gasteiger charge is 2.19. The lowest BCUT2D eigenvalue weighted by atomic mass is 10.1. The van der Waals surface area contributed by atoms with Gasteiger partial charge in [0.2, 0.25) is 0 Å². The molecule has 0 bridgehead atoms. The Labute approximate surface area is 130 Å². The lowest BCUT2D eigenvalue weighted by Gasteiger charge is -2.11. The van der Waals surface area contributed by atoms with E-state index in [0.717, 1.165) is 5.56 Å². The molecule has 2 aromatic rings. The molecule has 2 aromatic carbocycles. The molecule has 0 radical (unpaired) electrons. The standard InChI is InChI=1S/C16H18N2O3S/c1-11-8-12(2)16(13(3)9-11)22(20,21)18-17-10-14-6-4-5-7-15(14)19/h4-10,18-19H,1-3H3/b17-10-. The van der Waals surface area contributed by atoms with E-state index in [1.807, 2.05) is 19.1 Å². The van der Waals surface area contributed by atoms with Crippen LogP contribution in [0, 0.1) is 20.8 Å². The van der Waals surface area contributed by atoms with E-state index in [-0.39, 0.29) is 10.6 Å². The molecule has 0 aliphatic carbocycles. The van der Waals surface area contributed by atoms with E-state index in [1.165, 1.54) is 12.3 Å². The Hall–Kier alpha value is -2.34. The highest BCUT2D eigenvalue weighted by atomic mass is 32.2. The number of benzene rings is 2. The second kappa shape index (κ2) is 6.19. The first-order valence-corrected chi connectivity index (χ1v) is 8.20. The van der Waals surface area contributed by atoms with Gasteiger partial charge in [0.15, 0.2) is 0 Å². The van der Waals surface area contributed by atoms with Gasteiger partial charge in [0.25, 0.3) is 10.0 Å². The van der Waals surface area contributed by atoms with Crippen LogP contribution in [0.3, 0.4) is 0 Å². The van der Waals surface area contributed by atoms with Crippen LogP contribution in [0.25, 0.3) is 0 Å². The van der Waals surface area contributed by atoms with Gasteiger partial charge in [-0.3, -0.25) is 0 Å². The van der Waals surface area contributed by atoms with Crippen molar-refractivity contribution in [2.75, 3.05) is 0 Å². The molecule has 0 unspecified atom stereocenters. The Kier molecular flexibility index (Phi) is 4.51. The van der Waals surface area contributed by atoms with E-state index in [9.17, 15) is 13.5 Å². The number of sulfonamides is 1. The van der Waals surface area contributed by atoms with Crippen LogP contribution in [0.1, 0.15) is 22.3 Å². The first kappa shape index (κ1) is 16.0. The van der Waals surface area contributed by atoms with Gasteiger partial charge in [-0.25, -0.2) is 4.83 Å². The van der Waals surface area contributed by atoms with Crippen molar-refractivity contribution < 1.29 is 13.5 Å². The largest absolute Gasteiger partial charge is 0.507 e. The van der Waals surface area contributed by atoms with Crippen molar-refractivity contribution in [2.45, 2.75) is 25.7 Å². The molecule has 0 aliphatic rings. The first-order valence-electron chi connectivity index (χ1n) is 6.72. The number of nitrogens with zero attached hydrogens (tertiary/aromatic N) is 1. The lowest BCUT2D eigenvalue weighted by Crippen LogP contribution is -2.20. The number of hydrazone groups is 1. The molecule has 0 spiro atoms. The fourth-order valence-electron chi connectivity index (χ4n) is 2.40. The molecule has 0 heterocycles. The normalized spacial score (nSPS) is 11.8. The third-order valence-electron chi connectivity index (χ3n) is 3.19. The minimum absolute atomic E-state index is 0.0353. The number of nitrogens with one attached hydrogen (secondary N) is 1. The molecule has 5 nitrogen and oxygen atoms in total. The van der Waals surface area contributed by atoms with Gasteiger partial charge >= 0.3 is 0 Å². The summed E-state index contributed by atoms with van der Waals surface area (Å²) < 4.78 is 24.7. The van der Waals surface area contributed by atoms with Gasteiger partial charge in [0, 0.05) is 5.56 Å². The molecule has 6 heteroatoms. The minimum Gasteiger partial charge on any atom is -0.507 e. The maximum atomic E-state index is 12.4. The molecule has 0 aliphatic heterocycles. The Morgan fingerprint density at radius 1 is 1.09 bits per heavy atom. The lowest BCUT2D eigenvalue weighted by molar-refractivity contribution is 0.474. The Balaban J connectivity index is 2.28. The molecule has 0 saturated heterocycles. The third-order valence-corrected chi connectivity index (χ3v) is 4.71. The summed E-state index contributed by atoms with van der Waals surface area (Å²) in [5, 5.41) is 13.3. The van der Waals surface area contributed by atoms with Crippen molar-refractivity contribution in [1.82, 2.24) is 4.83 Å². The van der Waals surface area contributed by atoms with Crippen LogP contribution in [0.15, 0.2) is 46.4 Å². The summed E-state index contributed by atoms with van der Waals surface area (Å²) in [5.74, 6) is 0.0353. The summed E-state index contributed by atoms with van der Waals surface area (Å²) >= 11 is 0. The first-order chi connectivity index (χ1) is 10.3. The fraction of sp³-hybridized carbons (Fsp3) is 0.188. The molecule has 0 amide bonds. The smallest absolute Gasteiger partial charge is 0.277 e. The predicted octanol–water partition coefficient (Wildman–Crippen LogP) is 2.63. The summed E-state index contributed by atoms with van der Waals surface area (Å²) in [7, 11) is -3.75. The van der Waals surface area contributed by atoms with E-state index >= 15 is 0 Å². The van der Waals surface area contributed by atoms with Crippen LogP contribution in [-0.4, -0.2) is 19.7 Å². The van der Waals surface area contributed by atoms with Crippen molar-refractivity contribution in [1.29, 1.82) is 0 Å². The van der Waals surface area contributed by atoms with Crippen molar-refractivity contribution in [3.63, 3.8) is 0 Å².